The molecule has 168 valence electrons. The maximum absolute atomic E-state index is 13.3. The van der Waals surface area contributed by atoms with Gasteiger partial charge < -0.3 is 5.32 Å². The Labute approximate surface area is 201 Å². The molecule has 3 aromatic carbocycles. The van der Waals surface area contributed by atoms with Gasteiger partial charge in [0.2, 0.25) is 11.8 Å². The number of amides is 3. The van der Waals surface area contributed by atoms with Crippen molar-refractivity contribution in [3.05, 3.63) is 95.0 Å². The average Bonchev–Trinajstić information content (AvgIpc) is 3.17. The molecule has 0 spiro atoms. The number of fused-ring (bicyclic) bond motifs is 1. The lowest BCUT2D eigenvalue weighted by Gasteiger charge is -2.14. The van der Waals surface area contributed by atoms with Crippen LogP contribution in [0.2, 0.25) is 5.02 Å². The predicted octanol–water partition coefficient (Wildman–Crippen LogP) is 5.46. The van der Waals surface area contributed by atoms with Crippen molar-refractivity contribution in [2.24, 2.45) is 0 Å². The number of carbonyl (C=O) groups is 3. The third-order valence-electron chi connectivity index (χ3n) is 5.81. The molecular weight excluding hydrogens is 450 g/mol. The van der Waals surface area contributed by atoms with Gasteiger partial charge >= 0.3 is 0 Å². The van der Waals surface area contributed by atoms with Gasteiger partial charge in [-0.25, -0.2) is 4.98 Å². The molecule has 5 rings (SSSR count). The van der Waals surface area contributed by atoms with Gasteiger partial charge in [-0.3, -0.25) is 19.3 Å². The van der Waals surface area contributed by atoms with Gasteiger partial charge in [0.25, 0.3) is 5.91 Å². The Balaban J connectivity index is 1.40. The minimum absolute atomic E-state index is 0.150. The van der Waals surface area contributed by atoms with Crippen molar-refractivity contribution < 1.29 is 14.4 Å². The highest BCUT2D eigenvalue weighted by Crippen LogP contribution is 2.27. The minimum atomic E-state index is -0.258. The normalized spacial score (nSPS) is 13.5. The Bertz CT molecular complexity index is 1400. The molecule has 0 saturated carbocycles. The largest absolute Gasteiger partial charge is 0.322 e. The summed E-state index contributed by atoms with van der Waals surface area (Å²) in [5.41, 5.74) is 4.20. The Hall–Kier alpha value is -4.03. The number of benzene rings is 3. The van der Waals surface area contributed by atoms with Crippen LogP contribution in [0.15, 0.2) is 78.9 Å². The molecule has 1 N–H and O–H groups in total. The summed E-state index contributed by atoms with van der Waals surface area (Å²) in [6.45, 7) is 0.241. The monoisotopic (exact) mass is 469 g/mol. The number of hydrogen-bond acceptors (Lipinski definition) is 4. The van der Waals surface area contributed by atoms with E-state index in [1.54, 1.807) is 42.5 Å². The second-order valence-electron chi connectivity index (χ2n) is 8.10. The molecule has 1 aliphatic rings. The van der Waals surface area contributed by atoms with Crippen LogP contribution < -0.4 is 5.32 Å². The number of para-hydroxylation sites is 1. The topological polar surface area (TPSA) is 79.4 Å². The highest BCUT2D eigenvalue weighted by molar-refractivity contribution is 6.30. The molecule has 0 atom stereocenters. The van der Waals surface area contributed by atoms with E-state index in [-0.39, 0.29) is 37.1 Å². The van der Waals surface area contributed by atoms with Gasteiger partial charge in [0, 0.05) is 34.5 Å². The van der Waals surface area contributed by atoms with Gasteiger partial charge in [0.1, 0.15) is 0 Å². The van der Waals surface area contributed by atoms with Gasteiger partial charge in [0.15, 0.2) is 0 Å². The van der Waals surface area contributed by atoms with Crippen molar-refractivity contribution in [1.82, 2.24) is 9.88 Å². The molecule has 0 aliphatic carbocycles. The number of pyridine rings is 1. The highest BCUT2D eigenvalue weighted by Gasteiger charge is 2.28. The SMILES string of the molecule is O=C(Nc1ccc(CN2C(=O)CCC2=O)cc1)c1cc(-c2ccc(Cl)cc2)nc2ccccc12. The second-order valence-corrected chi connectivity index (χ2v) is 8.54. The summed E-state index contributed by atoms with van der Waals surface area (Å²) in [6, 6.07) is 23.7. The number of rotatable bonds is 5. The first-order chi connectivity index (χ1) is 16.5. The van der Waals surface area contributed by atoms with E-state index in [9.17, 15) is 14.4 Å². The Kier molecular flexibility index (Phi) is 5.82. The van der Waals surface area contributed by atoms with Crippen LogP contribution in [0.25, 0.3) is 22.2 Å². The van der Waals surface area contributed by atoms with E-state index in [0.29, 0.717) is 22.0 Å². The summed E-state index contributed by atoms with van der Waals surface area (Å²) in [5.74, 6) is -0.557. The molecule has 7 heteroatoms. The fourth-order valence-electron chi connectivity index (χ4n) is 4.01. The van der Waals surface area contributed by atoms with Crippen LogP contribution in [-0.2, 0) is 16.1 Å². The number of nitrogens with zero attached hydrogens (tertiary/aromatic N) is 2. The molecule has 2 heterocycles. The maximum atomic E-state index is 13.3. The second kappa shape index (κ2) is 9.08. The molecule has 4 aromatic rings. The van der Waals surface area contributed by atoms with Gasteiger partial charge in [-0.05, 0) is 42.0 Å². The quantitative estimate of drug-likeness (QED) is 0.394. The first-order valence-electron chi connectivity index (χ1n) is 10.9. The number of anilines is 1. The van der Waals surface area contributed by atoms with Crippen LogP contribution in [0.1, 0.15) is 28.8 Å². The van der Waals surface area contributed by atoms with Crippen molar-refractivity contribution in [2.45, 2.75) is 19.4 Å². The van der Waals surface area contributed by atoms with Gasteiger partial charge in [-0.2, -0.15) is 0 Å². The molecule has 0 unspecified atom stereocenters. The third-order valence-corrected chi connectivity index (χ3v) is 6.06. The van der Waals surface area contributed by atoms with Crippen molar-refractivity contribution in [1.29, 1.82) is 0 Å². The number of halogens is 1. The summed E-state index contributed by atoms with van der Waals surface area (Å²) in [4.78, 5) is 42.9. The van der Waals surface area contributed by atoms with E-state index >= 15 is 0 Å². The number of hydrogen-bond donors (Lipinski definition) is 1. The number of likely N-dealkylation sites (tertiary alicyclic amines) is 1. The zero-order valence-electron chi connectivity index (χ0n) is 18.1. The summed E-state index contributed by atoms with van der Waals surface area (Å²) in [5, 5.41) is 4.32. The molecule has 0 bridgehead atoms. The van der Waals surface area contributed by atoms with Crippen molar-refractivity contribution in [3.63, 3.8) is 0 Å². The van der Waals surface area contributed by atoms with Crippen molar-refractivity contribution in [2.75, 3.05) is 5.32 Å². The lowest BCUT2D eigenvalue weighted by molar-refractivity contribution is -0.139. The average molecular weight is 470 g/mol. The standard InChI is InChI=1S/C27H20ClN3O3/c28-19-9-7-18(8-10-19)24-15-22(21-3-1-2-4-23(21)30-24)27(34)29-20-11-5-17(6-12-20)16-31-25(32)13-14-26(31)33/h1-12,15H,13-14,16H2,(H,29,34). The minimum Gasteiger partial charge on any atom is -0.322 e. The van der Waals surface area contributed by atoms with E-state index < -0.39 is 0 Å². The lowest BCUT2D eigenvalue weighted by Crippen LogP contribution is -2.28. The van der Waals surface area contributed by atoms with Gasteiger partial charge in [-0.1, -0.05) is 54.1 Å². The molecule has 3 amide bonds. The summed E-state index contributed by atoms with van der Waals surface area (Å²) >= 11 is 6.02. The Morgan fingerprint density at radius 3 is 2.29 bits per heavy atom. The first-order valence-corrected chi connectivity index (χ1v) is 11.2. The van der Waals surface area contributed by atoms with Crippen LogP contribution in [0.5, 0.6) is 0 Å². The molecule has 1 fully saturated rings. The molecule has 34 heavy (non-hydrogen) atoms. The Morgan fingerprint density at radius 1 is 0.912 bits per heavy atom. The van der Waals surface area contributed by atoms with Crippen LogP contribution in [0.3, 0.4) is 0 Å². The number of aromatic nitrogens is 1. The van der Waals surface area contributed by atoms with Crippen molar-refractivity contribution >= 4 is 45.9 Å². The number of nitrogens with one attached hydrogen (secondary N) is 1. The van der Waals surface area contributed by atoms with Crippen LogP contribution >= 0.6 is 11.6 Å². The summed E-state index contributed by atoms with van der Waals surface area (Å²) in [7, 11) is 0. The fourth-order valence-corrected chi connectivity index (χ4v) is 4.13. The van der Waals surface area contributed by atoms with Crippen LogP contribution in [0, 0.1) is 0 Å². The van der Waals surface area contributed by atoms with E-state index in [1.165, 1.54) is 4.90 Å². The molecule has 1 aliphatic heterocycles. The first kappa shape index (κ1) is 21.8. The van der Waals surface area contributed by atoms with Crippen LogP contribution in [0.4, 0.5) is 5.69 Å². The van der Waals surface area contributed by atoms with E-state index in [4.69, 9.17) is 16.6 Å². The molecule has 0 radical (unpaired) electrons. The molecular formula is C27H20ClN3O3. The zero-order chi connectivity index (χ0) is 23.7. The predicted molar refractivity (Wildman–Crippen MR) is 131 cm³/mol. The van der Waals surface area contributed by atoms with Gasteiger partial charge in [0.05, 0.1) is 23.3 Å². The van der Waals surface area contributed by atoms with Crippen LogP contribution in [-0.4, -0.2) is 27.6 Å². The van der Waals surface area contributed by atoms with E-state index in [1.807, 2.05) is 36.4 Å². The smallest absolute Gasteiger partial charge is 0.256 e. The number of carbonyl (C=O) groups excluding carboxylic acids is 3. The van der Waals surface area contributed by atoms with Gasteiger partial charge in [-0.15, -0.1) is 0 Å². The summed E-state index contributed by atoms with van der Waals surface area (Å²) < 4.78 is 0. The molecule has 1 aromatic heterocycles. The third kappa shape index (κ3) is 4.40. The summed E-state index contributed by atoms with van der Waals surface area (Å²) in [6.07, 6.45) is 0.537. The van der Waals surface area contributed by atoms with E-state index in [2.05, 4.69) is 5.32 Å². The Morgan fingerprint density at radius 2 is 1.59 bits per heavy atom. The number of imide groups is 1. The lowest BCUT2D eigenvalue weighted by atomic mass is 10.0. The van der Waals surface area contributed by atoms with E-state index in [0.717, 1.165) is 22.0 Å². The maximum Gasteiger partial charge on any atom is 0.256 e. The highest BCUT2D eigenvalue weighted by atomic mass is 35.5. The van der Waals surface area contributed by atoms with Crippen molar-refractivity contribution in [3.8, 4) is 11.3 Å². The zero-order valence-corrected chi connectivity index (χ0v) is 18.9. The molecule has 1 saturated heterocycles. The fraction of sp³-hybridized carbons (Fsp3) is 0.111. The molecule has 6 nitrogen and oxygen atoms in total.